The number of hydrogen-bond acceptors (Lipinski definition) is 3. The van der Waals surface area contributed by atoms with E-state index in [0.717, 1.165) is 13.0 Å². The van der Waals surface area contributed by atoms with Crippen LogP contribution in [0, 0.1) is 11.8 Å². The van der Waals surface area contributed by atoms with Gasteiger partial charge < -0.3 is 15.3 Å². The Balaban J connectivity index is 3.98. The van der Waals surface area contributed by atoms with Crippen LogP contribution in [0.25, 0.3) is 0 Å². The SMILES string of the molecule is CC(C)C(C(=O)O)C(=O)NCCCN(C)C. The smallest absolute Gasteiger partial charge is 0.316 e. The van der Waals surface area contributed by atoms with Gasteiger partial charge in [0.15, 0.2) is 0 Å². The molecule has 0 saturated carbocycles. The van der Waals surface area contributed by atoms with Gasteiger partial charge in [-0.25, -0.2) is 0 Å². The van der Waals surface area contributed by atoms with E-state index in [0.29, 0.717) is 6.54 Å². The van der Waals surface area contributed by atoms with E-state index in [4.69, 9.17) is 5.11 Å². The summed E-state index contributed by atoms with van der Waals surface area (Å²) in [7, 11) is 3.91. The maximum Gasteiger partial charge on any atom is 0.316 e. The van der Waals surface area contributed by atoms with E-state index in [2.05, 4.69) is 5.32 Å². The fourth-order valence-electron chi connectivity index (χ4n) is 1.42. The highest BCUT2D eigenvalue weighted by Crippen LogP contribution is 2.10. The van der Waals surface area contributed by atoms with Crippen LogP contribution in [0.1, 0.15) is 20.3 Å². The lowest BCUT2D eigenvalue weighted by atomic mass is 9.95. The monoisotopic (exact) mass is 230 g/mol. The Labute approximate surface area is 96.8 Å². The molecule has 0 saturated heterocycles. The minimum absolute atomic E-state index is 0.189. The number of carboxylic acid groups (broad SMARTS) is 1. The average molecular weight is 230 g/mol. The molecule has 1 unspecified atom stereocenters. The van der Waals surface area contributed by atoms with Gasteiger partial charge in [0, 0.05) is 6.54 Å². The minimum Gasteiger partial charge on any atom is -0.481 e. The van der Waals surface area contributed by atoms with Gasteiger partial charge in [-0.05, 0) is 33.0 Å². The molecule has 16 heavy (non-hydrogen) atoms. The third kappa shape index (κ3) is 5.70. The van der Waals surface area contributed by atoms with Crippen LogP contribution >= 0.6 is 0 Å². The summed E-state index contributed by atoms with van der Waals surface area (Å²) in [6.07, 6.45) is 0.823. The van der Waals surface area contributed by atoms with Crippen LogP contribution in [0.4, 0.5) is 0 Å². The third-order valence-corrected chi connectivity index (χ3v) is 2.30. The fraction of sp³-hybridized carbons (Fsp3) is 0.818. The van der Waals surface area contributed by atoms with Crippen LogP contribution in [0.15, 0.2) is 0 Å². The summed E-state index contributed by atoms with van der Waals surface area (Å²) in [5.74, 6) is -2.58. The Hall–Kier alpha value is -1.10. The van der Waals surface area contributed by atoms with Gasteiger partial charge in [0.2, 0.25) is 5.91 Å². The first kappa shape index (κ1) is 14.9. The van der Waals surface area contributed by atoms with Gasteiger partial charge in [0.05, 0.1) is 0 Å². The predicted octanol–water partition coefficient (Wildman–Crippen LogP) is 0.411. The molecule has 0 fully saturated rings. The number of hydrogen-bond donors (Lipinski definition) is 2. The quantitative estimate of drug-likeness (QED) is 0.491. The zero-order valence-corrected chi connectivity index (χ0v) is 10.5. The van der Waals surface area contributed by atoms with Crippen molar-refractivity contribution < 1.29 is 14.7 Å². The van der Waals surface area contributed by atoms with Crippen LogP contribution in [-0.4, -0.2) is 49.1 Å². The second-order valence-electron chi connectivity index (χ2n) is 4.51. The lowest BCUT2D eigenvalue weighted by molar-refractivity contribution is -0.148. The molecular weight excluding hydrogens is 208 g/mol. The van der Waals surface area contributed by atoms with E-state index >= 15 is 0 Å². The summed E-state index contributed by atoms with van der Waals surface area (Å²) in [6, 6.07) is 0. The fourth-order valence-corrected chi connectivity index (χ4v) is 1.42. The third-order valence-electron chi connectivity index (χ3n) is 2.30. The van der Waals surface area contributed by atoms with Crippen molar-refractivity contribution in [3.8, 4) is 0 Å². The molecule has 0 aromatic rings. The maximum absolute atomic E-state index is 11.6. The summed E-state index contributed by atoms with van der Waals surface area (Å²) in [4.78, 5) is 24.4. The van der Waals surface area contributed by atoms with E-state index in [1.807, 2.05) is 19.0 Å². The molecule has 1 amide bonds. The van der Waals surface area contributed by atoms with Crippen molar-refractivity contribution in [2.24, 2.45) is 11.8 Å². The van der Waals surface area contributed by atoms with E-state index in [1.54, 1.807) is 13.8 Å². The second kappa shape index (κ2) is 7.22. The number of nitrogens with one attached hydrogen (secondary N) is 1. The highest BCUT2D eigenvalue weighted by Gasteiger charge is 2.28. The molecule has 0 bridgehead atoms. The zero-order chi connectivity index (χ0) is 12.7. The first-order valence-corrected chi connectivity index (χ1v) is 5.51. The van der Waals surface area contributed by atoms with E-state index in [9.17, 15) is 9.59 Å². The molecule has 1 atom stereocenters. The molecule has 94 valence electrons. The van der Waals surface area contributed by atoms with Gasteiger partial charge in [-0.15, -0.1) is 0 Å². The lowest BCUT2D eigenvalue weighted by Gasteiger charge is -2.16. The first-order chi connectivity index (χ1) is 7.36. The normalized spacial score (nSPS) is 12.9. The van der Waals surface area contributed by atoms with Crippen LogP contribution in [0.3, 0.4) is 0 Å². The van der Waals surface area contributed by atoms with Crippen molar-refractivity contribution in [2.75, 3.05) is 27.2 Å². The van der Waals surface area contributed by atoms with Gasteiger partial charge in [0.25, 0.3) is 0 Å². The Kier molecular flexibility index (Phi) is 6.72. The highest BCUT2D eigenvalue weighted by atomic mass is 16.4. The van der Waals surface area contributed by atoms with Crippen molar-refractivity contribution in [3.63, 3.8) is 0 Å². The standard InChI is InChI=1S/C11H22N2O3/c1-8(2)9(11(15)16)10(14)12-6-5-7-13(3)4/h8-9H,5-7H2,1-4H3,(H,12,14)(H,15,16). The predicted molar refractivity (Wildman–Crippen MR) is 62.1 cm³/mol. The van der Waals surface area contributed by atoms with E-state index in [-0.39, 0.29) is 11.8 Å². The minimum atomic E-state index is -1.06. The molecule has 5 nitrogen and oxygen atoms in total. The summed E-state index contributed by atoms with van der Waals surface area (Å²) in [5.41, 5.74) is 0. The summed E-state index contributed by atoms with van der Waals surface area (Å²) < 4.78 is 0. The summed E-state index contributed by atoms with van der Waals surface area (Å²) >= 11 is 0. The van der Waals surface area contributed by atoms with Gasteiger partial charge in [0.1, 0.15) is 5.92 Å². The Bertz CT molecular complexity index is 239. The van der Waals surface area contributed by atoms with Gasteiger partial charge in [-0.2, -0.15) is 0 Å². The molecular formula is C11H22N2O3. The number of carbonyl (C=O) groups excluding carboxylic acids is 1. The summed E-state index contributed by atoms with van der Waals surface area (Å²) in [5, 5.41) is 11.5. The van der Waals surface area contributed by atoms with Crippen LogP contribution in [0.2, 0.25) is 0 Å². The van der Waals surface area contributed by atoms with E-state index in [1.165, 1.54) is 0 Å². The zero-order valence-electron chi connectivity index (χ0n) is 10.5. The molecule has 0 aliphatic heterocycles. The Morgan fingerprint density at radius 2 is 1.88 bits per heavy atom. The molecule has 5 heteroatoms. The largest absolute Gasteiger partial charge is 0.481 e. The summed E-state index contributed by atoms with van der Waals surface area (Å²) in [6.45, 7) is 4.86. The van der Waals surface area contributed by atoms with Gasteiger partial charge >= 0.3 is 5.97 Å². The van der Waals surface area contributed by atoms with E-state index < -0.39 is 11.9 Å². The van der Waals surface area contributed by atoms with Crippen molar-refractivity contribution in [1.82, 2.24) is 10.2 Å². The number of amides is 1. The molecule has 2 N–H and O–H groups in total. The topological polar surface area (TPSA) is 69.6 Å². The Morgan fingerprint density at radius 1 is 1.31 bits per heavy atom. The highest BCUT2D eigenvalue weighted by molar-refractivity contribution is 5.97. The van der Waals surface area contributed by atoms with Crippen LogP contribution < -0.4 is 5.32 Å². The van der Waals surface area contributed by atoms with Crippen molar-refractivity contribution in [3.05, 3.63) is 0 Å². The van der Waals surface area contributed by atoms with Crippen molar-refractivity contribution >= 4 is 11.9 Å². The first-order valence-electron chi connectivity index (χ1n) is 5.51. The molecule has 0 aromatic carbocycles. The number of nitrogens with zero attached hydrogens (tertiary/aromatic N) is 1. The number of rotatable bonds is 7. The molecule has 0 aliphatic carbocycles. The molecule has 0 heterocycles. The number of carbonyl (C=O) groups is 2. The molecule has 0 aliphatic rings. The van der Waals surface area contributed by atoms with Crippen molar-refractivity contribution in [2.45, 2.75) is 20.3 Å². The van der Waals surface area contributed by atoms with Gasteiger partial charge in [-0.3, -0.25) is 9.59 Å². The maximum atomic E-state index is 11.6. The van der Waals surface area contributed by atoms with Crippen molar-refractivity contribution in [1.29, 1.82) is 0 Å². The molecule has 0 rings (SSSR count). The van der Waals surface area contributed by atoms with Gasteiger partial charge in [-0.1, -0.05) is 13.8 Å². The average Bonchev–Trinajstić information content (AvgIpc) is 2.10. The van der Waals surface area contributed by atoms with Crippen LogP contribution in [-0.2, 0) is 9.59 Å². The number of carboxylic acids is 1. The molecule has 0 aromatic heterocycles. The molecule has 0 radical (unpaired) electrons. The second-order valence-corrected chi connectivity index (χ2v) is 4.51. The number of aliphatic carboxylic acids is 1. The molecule has 0 spiro atoms. The van der Waals surface area contributed by atoms with Crippen LogP contribution in [0.5, 0.6) is 0 Å². The Morgan fingerprint density at radius 3 is 2.25 bits per heavy atom. The lowest BCUT2D eigenvalue weighted by Crippen LogP contribution is -2.39.